The zero-order valence-electron chi connectivity index (χ0n) is 13.5. The van der Waals surface area contributed by atoms with Gasteiger partial charge in [0.2, 0.25) is 5.75 Å². The van der Waals surface area contributed by atoms with E-state index in [4.69, 9.17) is 14.2 Å². The minimum Gasteiger partial charge on any atom is -0.493 e. The molecule has 1 aromatic carbocycles. The van der Waals surface area contributed by atoms with Crippen molar-refractivity contribution in [3.63, 3.8) is 0 Å². The minimum atomic E-state index is -0.0985. The number of hydrogen-bond donors (Lipinski definition) is 0. The smallest absolute Gasteiger partial charge is 0.254 e. The molecule has 0 spiro atoms. The predicted molar refractivity (Wildman–Crippen MR) is 93.2 cm³/mol. The lowest BCUT2D eigenvalue weighted by atomic mass is 10.1. The number of carbonyl (C=O) groups is 1. The molecule has 0 atom stereocenters. The van der Waals surface area contributed by atoms with Gasteiger partial charge in [0.1, 0.15) is 13.2 Å². The lowest BCUT2D eigenvalue weighted by molar-refractivity contribution is 0.0762. The summed E-state index contributed by atoms with van der Waals surface area (Å²) in [5.41, 5.74) is 0.509. The minimum absolute atomic E-state index is 0.0985. The van der Waals surface area contributed by atoms with Gasteiger partial charge in [0.25, 0.3) is 5.91 Å². The Morgan fingerprint density at radius 2 is 2.25 bits per heavy atom. The first-order chi connectivity index (χ1) is 11.7. The maximum Gasteiger partial charge on any atom is 0.254 e. The summed E-state index contributed by atoms with van der Waals surface area (Å²) in [5.74, 6) is 1.50. The van der Waals surface area contributed by atoms with Crippen molar-refractivity contribution < 1.29 is 19.0 Å². The normalized spacial score (nSPS) is 12.5. The van der Waals surface area contributed by atoms with Crippen molar-refractivity contribution in [1.82, 2.24) is 4.90 Å². The second-order valence-corrected chi connectivity index (χ2v) is 6.29. The van der Waals surface area contributed by atoms with Crippen LogP contribution in [0.4, 0.5) is 0 Å². The number of nitrogens with zero attached hydrogens (tertiary/aromatic N) is 1. The van der Waals surface area contributed by atoms with E-state index in [1.54, 1.807) is 41.6 Å². The summed E-state index contributed by atoms with van der Waals surface area (Å²) in [6, 6.07) is 7.40. The zero-order valence-corrected chi connectivity index (χ0v) is 14.3. The highest BCUT2D eigenvalue weighted by Crippen LogP contribution is 2.40. The molecule has 1 aromatic heterocycles. The monoisotopic (exact) mass is 345 g/mol. The van der Waals surface area contributed by atoms with Gasteiger partial charge in [0.15, 0.2) is 11.5 Å². The molecule has 0 unspecified atom stereocenters. The Kier molecular flexibility index (Phi) is 5.05. The third-order valence-electron chi connectivity index (χ3n) is 3.64. The van der Waals surface area contributed by atoms with E-state index in [1.807, 2.05) is 17.5 Å². The van der Waals surface area contributed by atoms with Crippen LogP contribution in [0.3, 0.4) is 0 Å². The third-order valence-corrected chi connectivity index (χ3v) is 4.50. The van der Waals surface area contributed by atoms with Crippen LogP contribution in [0.15, 0.2) is 42.3 Å². The first-order valence-corrected chi connectivity index (χ1v) is 8.51. The number of thiophene rings is 1. The molecule has 0 saturated heterocycles. The van der Waals surface area contributed by atoms with Gasteiger partial charge in [0.05, 0.1) is 13.7 Å². The van der Waals surface area contributed by atoms with Gasteiger partial charge in [-0.2, -0.15) is 0 Å². The summed E-state index contributed by atoms with van der Waals surface area (Å²) in [6.07, 6.45) is 1.72. The van der Waals surface area contributed by atoms with E-state index in [9.17, 15) is 4.79 Å². The molecule has 0 radical (unpaired) electrons. The van der Waals surface area contributed by atoms with Gasteiger partial charge in [-0.1, -0.05) is 12.1 Å². The van der Waals surface area contributed by atoms with E-state index < -0.39 is 0 Å². The Morgan fingerprint density at radius 3 is 2.96 bits per heavy atom. The predicted octanol–water partition coefficient (Wildman–Crippen LogP) is 3.36. The largest absolute Gasteiger partial charge is 0.493 e. The number of carbonyl (C=O) groups excluding carboxylic acids is 1. The molecule has 2 heterocycles. The summed E-state index contributed by atoms with van der Waals surface area (Å²) in [7, 11) is 1.55. The van der Waals surface area contributed by atoms with E-state index in [-0.39, 0.29) is 5.91 Å². The second-order valence-electron chi connectivity index (χ2n) is 5.26. The van der Waals surface area contributed by atoms with Gasteiger partial charge >= 0.3 is 0 Å². The molecule has 3 rings (SSSR count). The van der Waals surface area contributed by atoms with E-state index >= 15 is 0 Å². The summed E-state index contributed by atoms with van der Waals surface area (Å²) >= 11 is 1.62. The van der Waals surface area contributed by atoms with Crippen LogP contribution in [0.25, 0.3) is 0 Å². The number of amides is 1. The summed E-state index contributed by atoms with van der Waals surface area (Å²) in [6.45, 7) is 5.68. The van der Waals surface area contributed by atoms with Crippen molar-refractivity contribution in [3.8, 4) is 17.2 Å². The van der Waals surface area contributed by atoms with Crippen molar-refractivity contribution in [3.05, 3.63) is 52.7 Å². The molecule has 2 aromatic rings. The van der Waals surface area contributed by atoms with Gasteiger partial charge < -0.3 is 19.1 Å². The second kappa shape index (κ2) is 7.40. The number of ether oxygens (including phenoxy) is 3. The molecular formula is C18H19NO4S. The first kappa shape index (κ1) is 16.4. The van der Waals surface area contributed by atoms with Crippen LogP contribution in [0, 0.1) is 0 Å². The van der Waals surface area contributed by atoms with Crippen LogP contribution in [0.2, 0.25) is 0 Å². The first-order valence-electron chi connectivity index (χ1n) is 7.63. The maximum absolute atomic E-state index is 12.9. The zero-order chi connectivity index (χ0) is 16.9. The van der Waals surface area contributed by atoms with E-state index in [2.05, 4.69) is 6.58 Å². The van der Waals surface area contributed by atoms with Gasteiger partial charge in [-0.15, -0.1) is 17.9 Å². The van der Waals surface area contributed by atoms with Crippen molar-refractivity contribution in [1.29, 1.82) is 0 Å². The summed E-state index contributed by atoms with van der Waals surface area (Å²) < 4.78 is 16.5. The SMILES string of the molecule is C=CCN(Cc1cccs1)C(=O)c1cc(OC)c2c(c1)OCCO2. The number of fused-ring (bicyclic) bond motifs is 1. The van der Waals surface area contributed by atoms with Crippen molar-refractivity contribution in [2.75, 3.05) is 26.9 Å². The van der Waals surface area contributed by atoms with E-state index in [0.29, 0.717) is 49.1 Å². The van der Waals surface area contributed by atoms with Crippen LogP contribution < -0.4 is 14.2 Å². The number of methoxy groups -OCH3 is 1. The van der Waals surface area contributed by atoms with E-state index in [0.717, 1.165) is 4.88 Å². The highest BCUT2D eigenvalue weighted by Gasteiger charge is 2.23. The molecule has 0 fully saturated rings. The highest BCUT2D eigenvalue weighted by atomic mass is 32.1. The number of rotatable bonds is 6. The lowest BCUT2D eigenvalue weighted by Gasteiger charge is -2.24. The fourth-order valence-corrected chi connectivity index (χ4v) is 3.26. The van der Waals surface area contributed by atoms with Gasteiger partial charge in [-0.05, 0) is 23.6 Å². The standard InChI is InChI=1S/C18H19NO4S/c1-3-6-19(12-14-5-4-9-24-14)18(20)13-10-15(21-2)17-16(11-13)22-7-8-23-17/h3-5,9-11H,1,6-8,12H2,2H3. The lowest BCUT2D eigenvalue weighted by Crippen LogP contribution is -2.30. The van der Waals surface area contributed by atoms with Gasteiger partial charge in [-0.3, -0.25) is 4.79 Å². The molecule has 24 heavy (non-hydrogen) atoms. The average Bonchev–Trinajstić information content (AvgIpc) is 3.13. The molecule has 0 aliphatic carbocycles. The quantitative estimate of drug-likeness (QED) is 0.753. The topological polar surface area (TPSA) is 48.0 Å². The molecule has 1 aliphatic heterocycles. The molecule has 1 amide bonds. The Balaban J connectivity index is 1.90. The molecule has 0 bridgehead atoms. The molecule has 0 saturated carbocycles. The number of hydrogen-bond acceptors (Lipinski definition) is 5. The fourth-order valence-electron chi connectivity index (χ4n) is 2.54. The average molecular weight is 345 g/mol. The van der Waals surface area contributed by atoms with Crippen molar-refractivity contribution in [2.45, 2.75) is 6.54 Å². The summed E-state index contributed by atoms with van der Waals surface area (Å²) in [5, 5.41) is 2.00. The molecule has 6 heteroatoms. The third kappa shape index (κ3) is 3.38. The van der Waals surface area contributed by atoms with Gasteiger partial charge in [0, 0.05) is 17.0 Å². The molecule has 1 aliphatic rings. The fraction of sp³-hybridized carbons (Fsp3) is 0.278. The van der Waals surface area contributed by atoms with Crippen LogP contribution in [-0.2, 0) is 6.54 Å². The molecule has 5 nitrogen and oxygen atoms in total. The molecular weight excluding hydrogens is 326 g/mol. The molecule has 0 N–H and O–H groups in total. The Bertz CT molecular complexity index is 710. The Hall–Kier alpha value is -2.47. The van der Waals surface area contributed by atoms with Crippen molar-refractivity contribution in [2.24, 2.45) is 0 Å². The van der Waals surface area contributed by atoms with Crippen molar-refractivity contribution >= 4 is 17.2 Å². The van der Waals surface area contributed by atoms with Crippen LogP contribution in [0.5, 0.6) is 17.2 Å². The highest BCUT2D eigenvalue weighted by molar-refractivity contribution is 7.09. The molecule has 126 valence electrons. The summed E-state index contributed by atoms with van der Waals surface area (Å²) in [4.78, 5) is 15.8. The Labute approximate surface area is 145 Å². The van der Waals surface area contributed by atoms with E-state index in [1.165, 1.54) is 0 Å². The maximum atomic E-state index is 12.9. The van der Waals surface area contributed by atoms with Crippen LogP contribution in [-0.4, -0.2) is 37.7 Å². The van der Waals surface area contributed by atoms with Gasteiger partial charge in [-0.25, -0.2) is 0 Å². The van der Waals surface area contributed by atoms with Crippen LogP contribution >= 0.6 is 11.3 Å². The Morgan fingerprint density at radius 1 is 1.42 bits per heavy atom. The van der Waals surface area contributed by atoms with Crippen LogP contribution in [0.1, 0.15) is 15.2 Å². The number of benzene rings is 1.